The number of benzene rings is 7. The molecule has 0 aliphatic carbocycles. The largest absolute Gasteiger partial charge is 0.258 e. The zero-order chi connectivity index (χ0) is 33.7. The molecule has 10 rings (SSSR count). The lowest BCUT2D eigenvalue weighted by atomic mass is 10.00. The minimum Gasteiger partial charge on any atom is -0.258 e. The molecule has 0 saturated heterocycles. The van der Waals surface area contributed by atoms with Crippen LogP contribution in [-0.2, 0) is 0 Å². The lowest BCUT2D eigenvalue weighted by Crippen LogP contribution is -2.00. The molecule has 0 saturated carbocycles. The van der Waals surface area contributed by atoms with Crippen molar-refractivity contribution >= 4 is 38.2 Å². The van der Waals surface area contributed by atoms with Gasteiger partial charge in [-0.25, -0.2) is 15.0 Å². The van der Waals surface area contributed by atoms with Crippen LogP contribution in [0, 0.1) is 0 Å². The van der Waals surface area contributed by atoms with E-state index in [1.54, 1.807) is 0 Å². The van der Waals surface area contributed by atoms with Gasteiger partial charge in [-0.1, -0.05) is 140 Å². The molecule has 7 aromatic carbocycles. The topological polar surface area (TPSA) is 68.9 Å². The van der Waals surface area contributed by atoms with E-state index in [9.17, 15) is 0 Å². The Kier molecular flexibility index (Phi) is 6.70. The third kappa shape index (κ3) is 5.01. The van der Waals surface area contributed by atoms with E-state index in [0.717, 1.165) is 78.2 Å². The average molecular weight is 653 g/mol. The molecule has 51 heavy (non-hydrogen) atoms. The number of hydrogen-bond donors (Lipinski definition) is 0. The molecule has 3 aromatic heterocycles. The zero-order valence-electron chi connectivity index (χ0n) is 27.3. The molecule has 0 aliphatic rings. The van der Waals surface area contributed by atoms with E-state index < -0.39 is 0 Å². The van der Waals surface area contributed by atoms with Crippen LogP contribution in [0.2, 0.25) is 0 Å². The number of para-hydroxylation sites is 2. The first-order valence-electron chi connectivity index (χ1n) is 16.9. The van der Waals surface area contributed by atoms with Crippen LogP contribution in [0.5, 0.6) is 0 Å². The Hall–Kier alpha value is -7.05. The fourth-order valence-corrected chi connectivity index (χ4v) is 6.96. The van der Waals surface area contributed by atoms with E-state index >= 15 is 0 Å². The van der Waals surface area contributed by atoms with Crippen LogP contribution in [0.4, 0.5) is 0 Å². The predicted octanol–water partition coefficient (Wildman–Crippen LogP) is 10.7. The van der Waals surface area contributed by atoms with E-state index in [4.69, 9.17) is 15.0 Å². The van der Waals surface area contributed by atoms with Gasteiger partial charge in [0.05, 0.1) is 16.7 Å². The van der Waals surface area contributed by atoms with Crippen molar-refractivity contribution in [3.63, 3.8) is 0 Å². The van der Waals surface area contributed by atoms with Gasteiger partial charge in [0, 0.05) is 33.0 Å². The summed E-state index contributed by atoms with van der Waals surface area (Å²) in [6.45, 7) is 0. The summed E-state index contributed by atoms with van der Waals surface area (Å²) >= 11 is 0. The maximum absolute atomic E-state index is 5.18. The lowest BCUT2D eigenvalue weighted by molar-refractivity contribution is 1.10. The molecule has 3 heterocycles. The van der Waals surface area contributed by atoms with Crippen LogP contribution in [0.3, 0.4) is 0 Å². The van der Waals surface area contributed by atoms with Crippen molar-refractivity contribution < 1.29 is 0 Å². The molecule has 0 fully saturated rings. The molecule has 238 valence electrons. The van der Waals surface area contributed by atoms with E-state index in [1.807, 2.05) is 54.6 Å². The summed E-state index contributed by atoms with van der Waals surface area (Å²) in [7, 11) is 0. The van der Waals surface area contributed by atoms with Crippen LogP contribution in [-0.4, -0.2) is 29.5 Å². The highest BCUT2D eigenvalue weighted by Gasteiger charge is 2.18. The van der Waals surface area contributed by atoms with Gasteiger partial charge in [-0.15, -0.1) is 10.2 Å². The number of aromatic nitrogens is 6. The minimum absolute atomic E-state index is 0.694. The summed E-state index contributed by atoms with van der Waals surface area (Å²) in [6, 6.07) is 58.4. The van der Waals surface area contributed by atoms with E-state index in [2.05, 4.69) is 130 Å². The second kappa shape index (κ2) is 11.8. The van der Waals surface area contributed by atoms with Gasteiger partial charge in [0.2, 0.25) is 0 Å². The lowest BCUT2D eigenvalue weighted by Gasteiger charge is -2.12. The summed E-state index contributed by atoms with van der Waals surface area (Å²) in [5, 5.41) is 13.6. The van der Waals surface area contributed by atoms with Crippen LogP contribution >= 0.6 is 0 Å². The highest BCUT2D eigenvalue weighted by Crippen LogP contribution is 2.34. The van der Waals surface area contributed by atoms with Gasteiger partial charge < -0.3 is 0 Å². The van der Waals surface area contributed by atoms with E-state index in [1.165, 1.54) is 10.8 Å². The van der Waals surface area contributed by atoms with E-state index in [0.29, 0.717) is 5.82 Å². The Morgan fingerprint density at radius 1 is 0.353 bits per heavy atom. The average Bonchev–Trinajstić information content (AvgIpc) is 3.66. The van der Waals surface area contributed by atoms with Crippen LogP contribution in [0.25, 0.3) is 94.8 Å². The van der Waals surface area contributed by atoms with Crippen molar-refractivity contribution in [3.8, 4) is 56.5 Å². The van der Waals surface area contributed by atoms with Gasteiger partial charge in [-0.3, -0.25) is 4.40 Å². The van der Waals surface area contributed by atoms with Crippen LogP contribution in [0.15, 0.2) is 170 Å². The van der Waals surface area contributed by atoms with Gasteiger partial charge in [0.25, 0.3) is 0 Å². The number of fused-ring (bicyclic) bond motifs is 5. The maximum Gasteiger partial charge on any atom is 0.172 e. The molecule has 0 bridgehead atoms. The molecule has 0 radical (unpaired) electrons. The van der Waals surface area contributed by atoms with Crippen molar-refractivity contribution in [1.29, 1.82) is 0 Å². The SMILES string of the molecule is c1ccc(-c2nnc3c4ccccc4nc(-c4ccc(-c5cccc(-c6nc(-c7ccc8ccccc8c7)c7ccccc7n6)c5)cc4)n23)cc1. The first kappa shape index (κ1) is 28.9. The van der Waals surface area contributed by atoms with Crippen molar-refractivity contribution in [2.45, 2.75) is 0 Å². The normalized spacial score (nSPS) is 11.5. The summed E-state index contributed by atoms with van der Waals surface area (Å²) in [6.07, 6.45) is 0. The Balaban J connectivity index is 1.06. The molecule has 0 aliphatic heterocycles. The molecule has 6 heteroatoms. The van der Waals surface area contributed by atoms with E-state index in [-0.39, 0.29) is 0 Å². The second-order valence-corrected chi connectivity index (χ2v) is 12.6. The third-order valence-corrected chi connectivity index (χ3v) is 9.50. The summed E-state index contributed by atoms with van der Waals surface area (Å²) in [4.78, 5) is 15.3. The highest BCUT2D eigenvalue weighted by molar-refractivity contribution is 5.97. The van der Waals surface area contributed by atoms with Crippen molar-refractivity contribution in [3.05, 3.63) is 170 Å². The van der Waals surface area contributed by atoms with Gasteiger partial charge in [-0.2, -0.15) is 0 Å². The quantitative estimate of drug-likeness (QED) is 0.185. The molecule has 6 nitrogen and oxygen atoms in total. The Bertz CT molecular complexity index is 2910. The first-order valence-corrected chi connectivity index (χ1v) is 16.9. The molecular formula is C45H28N6. The molecule has 0 amide bonds. The molecule has 0 spiro atoms. The van der Waals surface area contributed by atoms with Crippen molar-refractivity contribution in [2.75, 3.05) is 0 Å². The second-order valence-electron chi connectivity index (χ2n) is 12.6. The monoisotopic (exact) mass is 652 g/mol. The van der Waals surface area contributed by atoms with Gasteiger partial charge >= 0.3 is 0 Å². The number of hydrogen-bond acceptors (Lipinski definition) is 5. The molecule has 0 atom stereocenters. The Labute approximate surface area is 293 Å². The molecular weight excluding hydrogens is 625 g/mol. The maximum atomic E-state index is 5.18. The zero-order valence-corrected chi connectivity index (χ0v) is 27.3. The van der Waals surface area contributed by atoms with Crippen LogP contribution < -0.4 is 0 Å². The predicted molar refractivity (Wildman–Crippen MR) is 206 cm³/mol. The fourth-order valence-electron chi connectivity index (χ4n) is 6.96. The van der Waals surface area contributed by atoms with Crippen molar-refractivity contribution in [2.24, 2.45) is 0 Å². The Morgan fingerprint density at radius 2 is 0.980 bits per heavy atom. The smallest absolute Gasteiger partial charge is 0.172 e. The minimum atomic E-state index is 0.694. The Morgan fingerprint density at radius 3 is 1.82 bits per heavy atom. The van der Waals surface area contributed by atoms with Gasteiger partial charge in [0.1, 0.15) is 5.82 Å². The molecule has 0 unspecified atom stereocenters. The highest BCUT2D eigenvalue weighted by atomic mass is 15.3. The standard InChI is InChI=1S/C45H28N6/c1-2-12-31(13-3-1)44-49-50-45-38-18-7-9-20-40(38)47-43(51(44)45)32-24-21-30(22-25-32)34-15-10-16-36(28-34)42-46-39-19-8-6-17-37(39)41(48-42)35-26-23-29-11-4-5-14-33(29)27-35/h1-28H. The van der Waals surface area contributed by atoms with Gasteiger partial charge in [0.15, 0.2) is 17.3 Å². The van der Waals surface area contributed by atoms with Crippen molar-refractivity contribution in [1.82, 2.24) is 29.5 Å². The first-order chi connectivity index (χ1) is 25.3. The van der Waals surface area contributed by atoms with Crippen LogP contribution in [0.1, 0.15) is 0 Å². The summed E-state index contributed by atoms with van der Waals surface area (Å²) in [5.41, 5.74) is 9.64. The number of nitrogens with zero attached hydrogens (tertiary/aromatic N) is 6. The summed E-state index contributed by atoms with van der Waals surface area (Å²) in [5.74, 6) is 2.24. The third-order valence-electron chi connectivity index (χ3n) is 9.50. The summed E-state index contributed by atoms with van der Waals surface area (Å²) < 4.78 is 2.07. The number of rotatable bonds is 5. The molecule has 10 aromatic rings. The van der Waals surface area contributed by atoms with Gasteiger partial charge in [-0.05, 0) is 52.2 Å². The fraction of sp³-hybridized carbons (Fsp3) is 0. The molecule has 0 N–H and O–H groups in total.